The van der Waals surface area contributed by atoms with E-state index >= 15 is 0 Å². The molecule has 1 saturated heterocycles. The van der Waals surface area contributed by atoms with Crippen LogP contribution in [0.15, 0.2) is 12.4 Å². The molecular weight excluding hydrogens is 190 g/mol. The first kappa shape index (κ1) is 10.2. The number of piperidine rings is 1. The number of carbonyl (C=O) groups is 1. The van der Waals surface area contributed by atoms with Gasteiger partial charge in [0.05, 0.1) is 11.8 Å². The van der Waals surface area contributed by atoms with Gasteiger partial charge >= 0.3 is 0 Å². The van der Waals surface area contributed by atoms with Crippen LogP contribution in [0.25, 0.3) is 0 Å². The number of amides is 1. The van der Waals surface area contributed by atoms with Crippen molar-refractivity contribution >= 4 is 5.91 Å². The Bertz CT molecular complexity index is 321. The summed E-state index contributed by atoms with van der Waals surface area (Å²) in [5.74, 6) is 0.121. The molecule has 0 aliphatic carbocycles. The van der Waals surface area contributed by atoms with Crippen LogP contribution in [0.5, 0.6) is 0 Å². The summed E-state index contributed by atoms with van der Waals surface area (Å²) >= 11 is 0. The molecule has 1 aliphatic rings. The third-order valence-electron chi connectivity index (χ3n) is 3.10. The maximum Gasteiger partial charge on any atom is 0.257 e. The van der Waals surface area contributed by atoms with Crippen LogP contribution in [-0.4, -0.2) is 33.6 Å². The zero-order valence-electron chi connectivity index (χ0n) is 9.07. The molecule has 1 fully saturated rings. The molecule has 0 aromatic carbocycles. The van der Waals surface area contributed by atoms with E-state index in [1.165, 1.54) is 6.42 Å². The van der Waals surface area contributed by atoms with Crippen LogP contribution in [-0.2, 0) is 0 Å². The fourth-order valence-corrected chi connectivity index (χ4v) is 2.23. The topological polar surface area (TPSA) is 49.0 Å². The van der Waals surface area contributed by atoms with Gasteiger partial charge in [0.2, 0.25) is 0 Å². The molecule has 1 aromatic heterocycles. The fourth-order valence-electron chi connectivity index (χ4n) is 2.23. The van der Waals surface area contributed by atoms with Crippen LogP contribution < -0.4 is 0 Å². The van der Waals surface area contributed by atoms with Crippen molar-refractivity contribution in [1.82, 2.24) is 15.1 Å². The van der Waals surface area contributed by atoms with Gasteiger partial charge in [0.25, 0.3) is 5.91 Å². The second-order valence-corrected chi connectivity index (χ2v) is 4.04. The van der Waals surface area contributed by atoms with Crippen molar-refractivity contribution < 1.29 is 4.79 Å². The highest BCUT2D eigenvalue weighted by atomic mass is 16.2. The van der Waals surface area contributed by atoms with E-state index in [1.54, 1.807) is 12.4 Å². The smallest absolute Gasteiger partial charge is 0.257 e. The van der Waals surface area contributed by atoms with E-state index in [0.717, 1.165) is 25.8 Å². The number of hydrogen-bond acceptors (Lipinski definition) is 2. The SMILES string of the molecule is CCC1CCCCN1C(=O)c1cn[nH]c1. The maximum atomic E-state index is 12.1. The molecule has 1 N–H and O–H groups in total. The van der Waals surface area contributed by atoms with Gasteiger partial charge in [-0.1, -0.05) is 6.92 Å². The van der Waals surface area contributed by atoms with E-state index in [4.69, 9.17) is 0 Å². The van der Waals surface area contributed by atoms with Crippen molar-refractivity contribution in [3.63, 3.8) is 0 Å². The number of likely N-dealkylation sites (tertiary alicyclic amines) is 1. The number of H-pyrrole nitrogens is 1. The fraction of sp³-hybridized carbons (Fsp3) is 0.636. The van der Waals surface area contributed by atoms with E-state index in [2.05, 4.69) is 17.1 Å². The van der Waals surface area contributed by atoms with Gasteiger partial charge in [0, 0.05) is 18.8 Å². The number of carbonyl (C=O) groups excluding carboxylic acids is 1. The molecule has 1 amide bonds. The lowest BCUT2D eigenvalue weighted by molar-refractivity contribution is 0.0608. The highest BCUT2D eigenvalue weighted by Crippen LogP contribution is 2.21. The van der Waals surface area contributed by atoms with Gasteiger partial charge in [0.15, 0.2) is 0 Å². The summed E-state index contributed by atoms with van der Waals surface area (Å²) in [6, 6.07) is 0.418. The third kappa shape index (κ3) is 2.03. The zero-order chi connectivity index (χ0) is 10.7. The highest BCUT2D eigenvalue weighted by molar-refractivity contribution is 5.93. The van der Waals surface area contributed by atoms with Gasteiger partial charge in [-0.25, -0.2) is 0 Å². The van der Waals surface area contributed by atoms with Crippen molar-refractivity contribution in [3.8, 4) is 0 Å². The summed E-state index contributed by atoms with van der Waals surface area (Å²) in [6.45, 7) is 3.04. The Hall–Kier alpha value is -1.32. The molecule has 4 heteroatoms. The summed E-state index contributed by atoms with van der Waals surface area (Å²) in [7, 11) is 0. The van der Waals surface area contributed by atoms with Crippen LogP contribution in [0.3, 0.4) is 0 Å². The zero-order valence-corrected chi connectivity index (χ0v) is 9.07. The molecule has 15 heavy (non-hydrogen) atoms. The molecule has 82 valence electrons. The quantitative estimate of drug-likeness (QED) is 0.804. The van der Waals surface area contributed by atoms with Crippen molar-refractivity contribution in [2.24, 2.45) is 0 Å². The first-order valence-corrected chi connectivity index (χ1v) is 5.62. The minimum Gasteiger partial charge on any atom is -0.336 e. The Balaban J connectivity index is 2.11. The first-order chi connectivity index (χ1) is 7.33. The van der Waals surface area contributed by atoms with Crippen LogP contribution in [0.2, 0.25) is 0 Å². The van der Waals surface area contributed by atoms with Crippen LogP contribution >= 0.6 is 0 Å². The predicted octanol–water partition coefficient (Wildman–Crippen LogP) is 1.81. The molecule has 4 nitrogen and oxygen atoms in total. The monoisotopic (exact) mass is 207 g/mol. The molecule has 1 atom stereocenters. The largest absolute Gasteiger partial charge is 0.336 e. The number of hydrogen-bond donors (Lipinski definition) is 1. The average molecular weight is 207 g/mol. The first-order valence-electron chi connectivity index (χ1n) is 5.62. The van der Waals surface area contributed by atoms with Crippen LogP contribution in [0.4, 0.5) is 0 Å². The van der Waals surface area contributed by atoms with Gasteiger partial charge in [0.1, 0.15) is 0 Å². The molecule has 1 unspecified atom stereocenters. The molecule has 0 radical (unpaired) electrons. The maximum absolute atomic E-state index is 12.1. The molecule has 2 rings (SSSR count). The molecule has 0 bridgehead atoms. The van der Waals surface area contributed by atoms with Crippen molar-refractivity contribution in [2.45, 2.75) is 38.6 Å². The number of rotatable bonds is 2. The summed E-state index contributed by atoms with van der Waals surface area (Å²) in [5, 5.41) is 6.50. The lowest BCUT2D eigenvalue weighted by atomic mass is 9.99. The number of nitrogens with one attached hydrogen (secondary N) is 1. The highest BCUT2D eigenvalue weighted by Gasteiger charge is 2.26. The van der Waals surface area contributed by atoms with Crippen LogP contribution in [0, 0.1) is 0 Å². The molecule has 0 spiro atoms. The number of nitrogens with zero attached hydrogens (tertiary/aromatic N) is 2. The molecule has 1 aliphatic heterocycles. The molecule has 1 aromatic rings. The number of aromatic nitrogens is 2. The molecule has 0 saturated carbocycles. The van der Waals surface area contributed by atoms with Gasteiger partial charge in [-0.3, -0.25) is 9.89 Å². The lowest BCUT2D eigenvalue weighted by Crippen LogP contribution is -2.43. The molecular formula is C11H17N3O. The second kappa shape index (κ2) is 4.47. The Morgan fingerprint density at radius 3 is 3.20 bits per heavy atom. The Kier molecular flexibility index (Phi) is 3.04. The van der Waals surface area contributed by atoms with E-state index in [-0.39, 0.29) is 5.91 Å². The second-order valence-electron chi connectivity index (χ2n) is 4.04. The van der Waals surface area contributed by atoms with Crippen molar-refractivity contribution in [3.05, 3.63) is 18.0 Å². The lowest BCUT2D eigenvalue weighted by Gasteiger charge is -2.35. The van der Waals surface area contributed by atoms with Crippen molar-refractivity contribution in [1.29, 1.82) is 0 Å². The van der Waals surface area contributed by atoms with Crippen LogP contribution in [0.1, 0.15) is 43.0 Å². The summed E-state index contributed by atoms with van der Waals surface area (Å²) in [4.78, 5) is 14.1. The number of aromatic amines is 1. The minimum absolute atomic E-state index is 0.121. The normalized spacial score (nSPS) is 21.7. The van der Waals surface area contributed by atoms with Gasteiger partial charge in [-0.05, 0) is 25.7 Å². The van der Waals surface area contributed by atoms with Gasteiger partial charge in [-0.2, -0.15) is 5.10 Å². The van der Waals surface area contributed by atoms with E-state index in [1.807, 2.05) is 4.90 Å². The summed E-state index contributed by atoms with van der Waals surface area (Å²) in [6.07, 6.45) is 7.82. The van der Waals surface area contributed by atoms with E-state index < -0.39 is 0 Å². The van der Waals surface area contributed by atoms with Crippen molar-refractivity contribution in [2.75, 3.05) is 6.54 Å². The Morgan fingerprint density at radius 1 is 1.67 bits per heavy atom. The molecule has 2 heterocycles. The third-order valence-corrected chi connectivity index (χ3v) is 3.10. The predicted molar refractivity (Wildman–Crippen MR) is 57.6 cm³/mol. The Labute approximate surface area is 89.7 Å². The van der Waals surface area contributed by atoms with Gasteiger partial charge < -0.3 is 4.90 Å². The van der Waals surface area contributed by atoms with E-state index in [9.17, 15) is 4.79 Å². The summed E-state index contributed by atoms with van der Waals surface area (Å²) in [5.41, 5.74) is 0.676. The van der Waals surface area contributed by atoms with E-state index in [0.29, 0.717) is 11.6 Å². The summed E-state index contributed by atoms with van der Waals surface area (Å²) < 4.78 is 0. The standard InChI is InChI=1S/C11H17N3O/c1-2-10-5-3-4-6-14(10)11(15)9-7-12-13-8-9/h7-8,10H,2-6H2,1H3,(H,12,13). The Morgan fingerprint density at radius 2 is 2.53 bits per heavy atom. The average Bonchev–Trinajstić information content (AvgIpc) is 2.81. The van der Waals surface area contributed by atoms with Gasteiger partial charge in [-0.15, -0.1) is 0 Å². The minimum atomic E-state index is 0.121.